The zero-order valence-corrected chi connectivity index (χ0v) is 12.6. The molecule has 0 unspecified atom stereocenters. The molecule has 0 amide bonds. The van der Waals surface area contributed by atoms with Gasteiger partial charge in [-0.2, -0.15) is 0 Å². The standard InChI is InChI=1S/C14H13BrFNS/c1-9(2)10-3-5-12(6-4-10)18-14-13(16)7-11(15)8-17-14/h3-9H,1-2H3. The number of aromatic nitrogens is 1. The molecule has 0 bridgehead atoms. The fraction of sp³-hybridized carbons (Fsp3) is 0.214. The predicted octanol–water partition coefficient (Wildman–Crippen LogP) is 5.26. The van der Waals surface area contributed by atoms with Gasteiger partial charge in [0.05, 0.1) is 0 Å². The van der Waals surface area contributed by atoms with Crippen LogP contribution < -0.4 is 0 Å². The van der Waals surface area contributed by atoms with Crippen LogP contribution in [0.2, 0.25) is 0 Å². The summed E-state index contributed by atoms with van der Waals surface area (Å²) in [4.78, 5) is 5.07. The van der Waals surface area contributed by atoms with Crippen molar-refractivity contribution in [3.8, 4) is 0 Å². The van der Waals surface area contributed by atoms with Crippen molar-refractivity contribution in [2.45, 2.75) is 29.7 Å². The molecule has 0 aliphatic rings. The molecule has 1 aromatic heterocycles. The lowest BCUT2D eigenvalue weighted by atomic mass is 10.0. The van der Waals surface area contributed by atoms with Crippen LogP contribution >= 0.6 is 27.7 Å². The van der Waals surface area contributed by atoms with Crippen LogP contribution in [0.1, 0.15) is 25.3 Å². The molecule has 0 N–H and O–H groups in total. The van der Waals surface area contributed by atoms with E-state index in [0.717, 1.165) is 4.90 Å². The Morgan fingerprint density at radius 1 is 1.22 bits per heavy atom. The Morgan fingerprint density at radius 2 is 1.89 bits per heavy atom. The van der Waals surface area contributed by atoms with Crippen molar-refractivity contribution in [3.63, 3.8) is 0 Å². The van der Waals surface area contributed by atoms with Crippen molar-refractivity contribution < 1.29 is 4.39 Å². The molecule has 18 heavy (non-hydrogen) atoms. The van der Waals surface area contributed by atoms with Crippen LogP contribution in [-0.4, -0.2) is 4.98 Å². The van der Waals surface area contributed by atoms with Gasteiger partial charge in [-0.25, -0.2) is 9.37 Å². The Kier molecular flexibility index (Phi) is 4.40. The van der Waals surface area contributed by atoms with E-state index in [0.29, 0.717) is 15.4 Å². The van der Waals surface area contributed by atoms with E-state index in [9.17, 15) is 4.39 Å². The largest absolute Gasteiger partial charge is 0.245 e. The van der Waals surface area contributed by atoms with Gasteiger partial charge in [-0.1, -0.05) is 37.7 Å². The number of halogens is 2. The van der Waals surface area contributed by atoms with Gasteiger partial charge in [0, 0.05) is 15.6 Å². The van der Waals surface area contributed by atoms with E-state index in [2.05, 4.69) is 46.9 Å². The average molecular weight is 326 g/mol. The number of hydrogen-bond acceptors (Lipinski definition) is 2. The molecule has 0 aliphatic carbocycles. The molecule has 1 aromatic carbocycles. The highest BCUT2D eigenvalue weighted by atomic mass is 79.9. The Morgan fingerprint density at radius 3 is 2.44 bits per heavy atom. The maximum absolute atomic E-state index is 13.6. The Hall–Kier alpha value is -0.870. The summed E-state index contributed by atoms with van der Waals surface area (Å²) in [6.07, 6.45) is 1.61. The van der Waals surface area contributed by atoms with Crippen LogP contribution in [-0.2, 0) is 0 Å². The highest BCUT2D eigenvalue weighted by molar-refractivity contribution is 9.10. The van der Waals surface area contributed by atoms with Gasteiger partial charge in [0.1, 0.15) is 5.03 Å². The van der Waals surface area contributed by atoms with Gasteiger partial charge in [-0.3, -0.25) is 0 Å². The van der Waals surface area contributed by atoms with Gasteiger partial charge < -0.3 is 0 Å². The molecular formula is C14H13BrFNS. The number of hydrogen-bond donors (Lipinski definition) is 0. The molecule has 2 aromatic rings. The van der Waals surface area contributed by atoms with E-state index in [1.54, 1.807) is 6.20 Å². The highest BCUT2D eigenvalue weighted by Crippen LogP contribution is 2.30. The molecule has 0 radical (unpaired) electrons. The molecule has 1 nitrogen and oxygen atoms in total. The second kappa shape index (κ2) is 5.85. The Balaban J connectivity index is 2.18. The first-order valence-corrected chi connectivity index (χ1v) is 7.26. The second-order valence-corrected chi connectivity index (χ2v) is 6.24. The van der Waals surface area contributed by atoms with E-state index in [1.165, 1.54) is 23.4 Å². The number of nitrogens with zero attached hydrogens (tertiary/aromatic N) is 1. The first-order chi connectivity index (χ1) is 8.56. The van der Waals surface area contributed by atoms with E-state index in [4.69, 9.17) is 0 Å². The van der Waals surface area contributed by atoms with E-state index in [-0.39, 0.29) is 5.82 Å². The molecule has 0 spiro atoms. The van der Waals surface area contributed by atoms with Crippen LogP contribution in [0, 0.1) is 5.82 Å². The molecule has 0 saturated heterocycles. The van der Waals surface area contributed by atoms with Gasteiger partial charge in [0.25, 0.3) is 0 Å². The van der Waals surface area contributed by atoms with Gasteiger partial charge in [-0.05, 0) is 45.6 Å². The lowest BCUT2D eigenvalue weighted by Gasteiger charge is -2.07. The van der Waals surface area contributed by atoms with Crippen LogP contribution in [0.3, 0.4) is 0 Å². The third-order valence-corrected chi connectivity index (χ3v) is 3.97. The smallest absolute Gasteiger partial charge is 0.156 e. The molecular weight excluding hydrogens is 313 g/mol. The second-order valence-electron chi connectivity index (χ2n) is 4.27. The monoisotopic (exact) mass is 325 g/mol. The predicted molar refractivity (Wildman–Crippen MR) is 76.5 cm³/mol. The van der Waals surface area contributed by atoms with Gasteiger partial charge in [-0.15, -0.1) is 0 Å². The van der Waals surface area contributed by atoms with Gasteiger partial charge in [0.15, 0.2) is 5.82 Å². The molecule has 1 heterocycles. The van der Waals surface area contributed by atoms with Crippen molar-refractivity contribution in [2.24, 2.45) is 0 Å². The minimum atomic E-state index is -0.303. The summed E-state index contributed by atoms with van der Waals surface area (Å²) in [5.74, 6) is 0.203. The summed E-state index contributed by atoms with van der Waals surface area (Å²) in [6, 6.07) is 9.58. The zero-order chi connectivity index (χ0) is 13.1. The maximum Gasteiger partial charge on any atom is 0.156 e. The van der Waals surface area contributed by atoms with Crippen LogP contribution in [0.25, 0.3) is 0 Å². The van der Waals surface area contributed by atoms with Crippen LogP contribution in [0.15, 0.2) is 50.9 Å². The lowest BCUT2D eigenvalue weighted by molar-refractivity contribution is 0.586. The number of pyridine rings is 1. The van der Waals surface area contributed by atoms with Crippen molar-refractivity contribution in [3.05, 3.63) is 52.4 Å². The van der Waals surface area contributed by atoms with Crippen molar-refractivity contribution in [2.75, 3.05) is 0 Å². The SMILES string of the molecule is CC(C)c1ccc(Sc2ncc(Br)cc2F)cc1. The van der Waals surface area contributed by atoms with Crippen LogP contribution in [0.5, 0.6) is 0 Å². The number of benzene rings is 1. The van der Waals surface area contributed by atoms with Crippen LogP contribution in [0.4, 0.5) is 4.39 Å². The molecule has 0 fully saturated rings. The average Bonchev–Trinajstić information content (AvgIpc) is 2.33. The van der Waals surface area contributed by atoms with Gasteiger partial charge in [0.2, 0.25) is 0 Å². The molecule has 0 atom stereocenters. The summed E-state index contributed by atoms with van der Waals surface area (Å²) < 4.78 is 14.3. The van der Waals surface area contributed by atoms with Crippen molar-refractivity contribution in [1.82, 2.24) is 4.98 Å². The fourth-order valence-electron chi connectivity index (χ4n) is 1.51. The first kappa shape index (κ1) is 13.6. The highest BCUT2D eigenvalue weighted by Gasteiger charge is 2.07. The quantitative estimate of drug-likeness (QED) is 0.763. The summed E-state index contributed by atoms with van der Waals surface area (Å²) in [5, 5.41) is 0.399. The lowest BCUT2D eigenvalue weighted by Crippen LogP contribution is -1.88. The molecule has 0 saturated carbocycles. The summed E-state index contributed by atoms with van der Waals surface area (Å²) in [6.45, 7) is 4.30. The third kappa shape index (κ3) is 3.33. The summed E-state index contributed by atoms with van der Waals surface area (Å²) in [7, 11) is 0. The maximum atomic E-state index is 13.6. The molecule has 4 heteroatoms. The Labute approximate surface area is 119 Å². The minimum Gasteiger partial charge on any atom is -0.245 e. The Bertz CT molecular complexity index is 540. The number of rotatable bonds is 3. The van der Waals surface area contributed by atoms with E-state index >= 15 is 0 Å². The third-order valence-electron chi connectivity index (χ3n) is 2.54. The zero-order valence-electron chi connectivity index (χ0n) is 10.2. The van der Waals surface area contributed by atoms with Gasteiger partial charge >= 0.3 is 0 Å². The summed E-state index contributed by atoms with van der Waals surface area (Å²) in [5.41, 5.74) is 1.28. The van der Waals surface area contributed by atoms with Crippen molar-refractivity contribution >= 4 is 27.7 Å². The topological polar surface area (TPSA) is 12.9 Å². The van der Waals surface area contributed by atoms with Crippen molar-refractivity contribution in [1.29, 1.82) is 0 Å². The molecule has 94 valence electrons. The first-order valence-electron chi connectivity index (χ1n) is 5.65. The molecule has 2 rings (SSSR count). The van der Waals surface area contributed by atoms with E-state index in [1.807, 2.05) is 12.1 Å². The van der Waals surface area contributed by atoms with E-state index < -0.39 is 0 Å². The summed E-state index contributed by atoms with van der Waals surface area (Å²) >= 11 is 4.53. The fourth-order valence-corrected chi connectivity index (χ4v) is 2.57. The normalized spacial score (nSPS) is 10.9. The minimum absolute atomic E-state index is 0.303. The molecule has 0 aliphatic heterocycles.